The highest BCUT2D eigenvalue weighted by Crippen LogP contribution is 2.43. The maximum Gasteiger partial charge on any atom is 0.0992 e. The molecule has 0 aromatic carbocycles. The summed E-state index contributed by atoms with van der Waals surface area (Å²) in [6, 6.07) is 0. The first-order valence-electron chi connectivity index (χ1n) is 13.1. The molecule has 28 heavy (non-hydrogen) atoms. The van der Waals surface area contributed by atoms with Crippen LogP contribution < -0.4 is 12.4 Å². The number of hydrogen-bond acceptors (Lipinski definition) is 0. The molecule has 0 aliphatic heterocycles. The number of halogens is 1. The summed E-state index contributed by atoms with van der Waals surface area (Å²) in [6.07, 6.45) is 26.4. The molecule has 0 atom stereocenters. The lowest BCUT2D eigenvalue weighted by Crippen LogP contribution is -3.00. The Kier molecular flexibility index (Phi) is 17.1. The van der Waals surface area contributed by atoms with E-state index in [-0.39, 0.29) is 12.4 Å². The van der Waals surface area contributed by atoms with Gasteiger partial charge in [-0.3, -0.25) is 0 Å². The lowest BCUT2D eigenvalue weighted by molar-refractivity contribution is -0.976. The second-order valence-electron chi connectivity index (χ2n) is 9.57. The van der Waals surface area contributed by atoms with Gasteiger partial charge in [-0.25, -0.2) is 0 Å². The number of nitrogens with zero attached hydrogens (tertiary/aromatic N) is 1. The zero-order valence-electron chi connectivity index (χ0n) is 20.2. The van der Waals surface area contributed by atoms with Crippen LogP contribution >= 0.6 is 0 Å². The molecule has 0 unspecified atom stereocenters. The second kappa shape index (κ2) is 17.0. The fraction of sp³-hybridized carbons (Fsp3) is 1.00. The van der Waals surface area contributed by atoms with Crippen LogP contribution in [0.15, 0.2) is 0 Å². The molecular weight excluding hydrogens is 362 g/mol. The summed E-state index contributed by atoms with van der Waals surface area (Å²) in [4.78, 5) is 0. The smallest absolute Gasteiger partial charge is 0.0992 e. The molecule has 0 radical (unpaired) electrons. The van der Waals surface area contributed by atoms with Crippen molar-refractivity contribution in [1.82, 2.24) is 0 Å². The summed E-state index contributed by atoms with van der Waals surface area (Å²) in [5.74, 6) is 0. The van der Waals surface area contributed by atoms with E-state index < -0.39 is 0 Å². The van der Waals surface area contributed by atoms with Crippen LogP contribution in [0.3, 0.4) is 0 Å². The minimum absolute atomic E-state index is 0. The van der Waals surface area contributed by atoms with Crippen molar-refractivity contribution in [2.24, 2.45) is 0 Å². The topological polar surface area (TPSA) is 0 Å². The van der Waals surface area contributed by atoms with Crippen molar-refractivity contribution in [2.75, 3.05) is 19.6 Å². The highest BCUT2D eigenvalue weighted by molar-refractivity contribution is 4.86. The zero-order valence-corrected chi connectivity index (χ0v) is 20.9. The van der Waals surface area contributed by atoms with E-state index in [2.05, 4.69) is 27.7 Å². The van der Waals surface area contributed by atoms with E-state index in [1.165, 1.54) is 140 Å². The quantitative estimate of drug-likeness (QED) is 0.212. The zero-order chi connectivity index (χ0) is 19.8. The van der Waals surface area contributed by atoms with Gasteiger partial charge < -0.3 is 16.9 Å². The third kappa shape index (κ3) is 8.95. The molecule has 0 amide bonds. The molecule has 0 spiro atoms. The molecule has 170 valence electrons. The number of quaternary nitrogens is 1. The monoisotopic (exact) mass is 415 g/mol. The van der Waals surface area contributed by atoms with E-state index in [9.17, 15) is 0 Å². The van der Waals surface area contributed by atoms with Gasteiger partial charge in [0.05, 0.1) is 25.2 Å². The van der Waals surface area contributed by atoms with Gasteiger partial charge in [-0.1, -0.05) is 78.1 Å². The van der Waals surface area contributed by atoms with E-state index in [1.54, 1.807) is 0 Å². The van der Waals surface area contributed by atoms with Crippen LogP contribution in [0.5, 0.6) is 0 Å². The summed E-state index contributed by atoms with van der Waals surface area (Å²) < 4.78 is 1.43. The summed E-state index contributed by atoms with van der Waals surface area (Å²) in [5.41, 5.74) is 0.622. The Morgan fingerprint density at radius 3 is 1.50 bits per heavy atom. The Morgan fingerprint density at radius 2 is 1.04 bits per heavy atom. The highest BCUT2D eigenvalue weighted by Gasteiger charge is 2.48. The van der Waals surface area contributed by atoms with Crippen molar-refractivity contribution in [3.05, 3.63) is 0 Å². The summed E-state index contributed by atoms with van der Waals surface area (Å²) in [5, 5.41) is 0. The SMILES string of the molecule is CCCCCCCCCCCC[N+](CC)(CC)C1(CCCC)CCCCC1.[Cl-]. The van der Waals surface area contributed by atoms with Crippen molar-refractivity contribution in [1.29, 1.82) is 0 Å². The molecule has 1 rings (SSSR count). The lowest BCUT2D eigenvalue weighted by Gasteiger charge is -2.55. The number of unbranched alkanes of at least 4 members (excludes halogenated alkanes) is 10. The summed E-state index contributed by atoms with van der Waals surface area (Å²) in [6.45, 7) is 13.8. The molecule has 0 bridgehead atoms. The van der Waals surface area contributed by atoms with Gasteiger partial charge in [-0.05, 0) is 46.0 Å². The first kappa shape index (κ1) is 28.2. The molecule has 1 nitrogen and oxygen atoms in total. The van der Waals surface area contributed by atoms with Crippen LogP contribution in [0.2, 0.25) is 0 Å². The van der Waals surface area contributed by atoms with E-state index in [1.807, 2.05) is 0 Å². The molecule has 0 aromatic heterocycles. The van der Waals surface area contributed by atoms with Crippen molar-refractivity contribution in [3.63, 3.8) is 0 Å². The van der Waals surface area contributed by atoms with Crippen LogP contribution in [0.4, 0.5) is 0 Å². The van der Waals surface area contributed by atoms with Gasteiger partial charge in [0.25, 0.3) is 0 Å². The minimum atomic E-state index is 0. The van der Waals surface area contributed by atoms with Crippen LogP contribution in [0.1, 0.15) is 143 Å². The van der Waals surface area contributed by atoms with Gasteiger partial charge in [0.15, 0.2) is 0 Å². The molecule has 2 heteroatoms. The van der Waals surface area contributed by atoms with Gasteiger partial charge >= 0.3 is 0 Å². The van der Waals surface area contributed by atoms with Crippen LogP contribution in [0.25, 0.3) is 0 Å². The van der Waals surface area contributed by atoms with E-state index in [0.29, 0.717) is 5.54 Å². The van der Waals surface area contributed by atoms with Crippen molar-refractivity contribution in [3.8, 4) is 0 Å². The Morgan fingerprint density at radius 1 is 0.571 bits per heavy atom. The molecule has 1 aliphatic rings. The van der Waals surface area contributed by atoms with Crippen LogP contribution in [0, 0.1) is 0 Å². The molecule has 1 fully saturated rings. The van der Waals surface area contributed by atoms with Gasteiger partial charge in [-0.15, -0.1) is 0 Å². The fourth-order valence-corrected chi connectivity index (χ4v) is 6.03. The van der Waals surface area contributed by atoms with Gasteiger partial charge in [-0.2, -0.15) is 0 Å². The predicted octanol–water partition coefficient (Wildman–Crippen LogP) is 5.66. The predicted molar refractivity (Wildman–Crippen MR) is 123 cm³/mol. The average molecular weight is 416 g/mol. The number of hydrogen-bond donors (Lipinski definition) is 0. The van der Waals surface area contributed by atoms with Crippen molar-refractivity contribution < 1.29 is 16.9 Å². The molecule has 1 saturated carbocycles. The second-order valence-corrected chi connectivity index (χ2v) is 9.57. The Hall–Kier alpha value is 0.250. The van der Waals surface area contributed by atoms with Crippen molar-refractivity contribution >= 4 is 0 Å². The molecule has 1 aliphatic carbocycles. The fourth-order valence-electron chi connectivity index (χ4n) is 6.03. The first-order chi connectivity index (χ1) is 13.2. The highest BCUT2D eigenvalue weighted by atomic mass is 35.5. The van der Waals surface area contributed by atoms with Gasteiger partial charge in [0.1, 0.15) is 0 Å². The van der Waals surface area contributed by atoms with Crippen LogP contribution in [-0.2, 0) is 0 Å². The van der Waals surface area contributed by atoms with E-state index in [0.717, 1.165) is 0 Å². The van der Waals surface area contributed by atoms with Gasteiger partial charge in [0.2, 0.25) is 0 Å². The first-order valence-corrected chi connectivity index (χ1v) is 13.1. The molecule has 0 saturated heterocycles. The largest absolute Gasteiger partial charge is 1.00 e. The molecular formula is C26H54ClN. The molecule has 0 N–H and O–H groups in total. The normalized spacial score (nSPS) is 16.7. The number of rotatable bonds is 17. The summed E-state index contributed by atoms with van der Waals surface area (Å²) >= 11 is 0. The maximum atomic E-state index is 2.49. The van der Waals surface area contributed by atoms with Crippen LogP contribution in [-0.4, -0.2) is 29.7 Å². The standard InChI is InChI=1S/C26H54N.ClH/c1-5-9-11-12-13-14-15-16-17-21-25-27(7-3,8-4)26(22-10-6-2)23-19-18-20-24-26;/h5-25H2,1-4H3;1H/q+1;/p-1. The summed E-state index contributed by atoms with van der Waals surface area (Å²) in [7, 11) is 0. The van der Waals surface area contributed by atoms with E-state index >= 15 is 0 Å². The molecule has 0 heterocycles. The maximum absolute atomic E-state index is 2.49. The Balaban J connectivity index is 0.00000729. The van der Waals surface area contributed by atoms with Crippen molar-refractivity contribution in [2.45, 2.75) is 149 Å². The average Bonchev–Trinajstić information content (AvgIpc) is 2.71. The third-order valence-corrected chi connectivity index (χ3v) is 7.94. The third-order valence-electron chi connectivity index (χ3n) is 7.94. The van der Waals surface area contributed by atoms with Gasteiger partial charge in [0, 0.05) is 19.3 Å². The Labute approximate surface area is 185 Å². The lowest BCUT2D eigenvalue weighted by atomic mass is 9.74. The minimum Gasteiger partial charge on any atom is -1.00 e. The van der Waals surface area contributed by atoms with E-state index in [4.69, 9.17) is 0 Å². The Bertz CT molecular complexity index is 331. The molecule has 0 aromatic rings.